The molecule has 2 saturated carbocycles. The molecule has 0 nitrogen and oxygen atoms in total. The summed E-state index contributed by atoms with van der Waals surface area (Å²) in [5.74, 6) is 5.60. The van der Waals surface area contributed by atoms with Crippen LogP contribution in [-0.2, 0) is 0 Å². The van der Waals surface area contributed by atoms with Crippen LogP contribution in [0.1, 0.15) is 58.3 Å². The average molecular weight is 232 g/mol. The highest BCUT2D eigenvalue weighted by Crippen LogP contribution is 2.55. The zero-order chi connectivity index (χ0) is 11.8. The van der Waals surface area contributed by atoms with Gasteiger partial charge in [-0.3, -0.25) is 0 Å². The van der Waals surface area contributed by atoms with Crippen molar-refractivity contribution in [3.05, 3.63) is 0 Å². The van der Waals surface area contributed by atoms with Crippen molar-refractivity contribution in [3.63, 3.8) is 0 Å². The summed E-state index contributed by atoms with van der Waals surface area (Å²) in [6.45, 7) is 5.97. The predicted molar refractivity (Wildman–Crippen MR) is 76.7 cm³/mol. The summed E-state index contributed by atoms with van der Waals surface area (Å²) in [4.78, 5) is 0. The summed E-state index contributed by atoms with van der Waals surface area (Å²) in [5, 5.41) is 0. The van der Waals surface area contributed by atoms with Crippen LogP contribution in [-0.4, -0.2) is 6.71 Å². The minimum Gasteiger partial charge on any atom is -0.0859 e. The van der Waals surface area contributed by atoms with E-state index in [2.05, 4.69) is 13.7 Å². The second-order valence-corrected chi connectivity index (χ2v) is 7.57. The van der Waals surface area contributed by atoms with E-state index in [4.69, 9.17) is 0 Å². The molecule has 0 N–H and O–H groups in total. The summed E-state index contributed by atoms with van der Waals surface area (Å²) < 4.78 is 0. The Hall–Kier alpha value is 0.0649. The van der Waals surface area contributed by atoms with Crippen LogP contribution in [0.15, 0.2) is 0 Å². The molecule has 2 aliphatic carbocycles. The highest BCUT2D eigenvalue weighted by atomic mass is 14.4. The molecule has 1 aliphatic heterocycles. The second-order valence-electron chi connectivity index (χ2n) is 7.57. The molecule has 1 heteroatoms. The van der Waals surface area contributed by atoms with Gasteiger partial charge in [-0.05, 0) is 42.9 Å². The standard InChI is InChI=1S/C16H29B/c1-12-7-8-14(12)6-4-3-5-13-9-15(10-13)16-11-17(16)2/h12-16H,3-11H2,1-2H3. The maximum atomic E-state index is 2.45. The normalized spacial score (nSPS) is 44.1. The lowest BCUT2D eigenvalue weighted by Crippen LogP contribution is -2.25. The Kier molecular flexibility index (Phi) is 3.55. The van der Waals surface area contributed by atoms with Crippen molar-refractivity contribution in [2.75, 3.05) is 0 Å². The van der Waals surface area contributed by atoms with Crippen LogP contribution in [0.2, 0.25) is 19.0 Å². The number of hydrogen-bond donors (Lipinski definition) is 0. The van der Waals surface area contributed by atoms with Crippen molar-refractivity contribution in [2.24, 2.45) is 23.7 Å². The molecule has 17 heavy (non-hydrogen) atoms. The van der Waals surface area contributed by atoms with Crippen LogP contribution in [0.4, 0.5) is 0 Å². The van der Waals surface area contributed by atoms with Gasteiger partial charge in [0.2, 0.25) is 0 Å². The van der Waals surface area contributed by atoms with Gasteiger partial charge in [-0.2, -0.15) is 0 Å². The molecule has 96 valence electrons. The molecular formula is C16H29B. The van der Waals surface area contributed by atoms with Crippen LogP contribution < -0.4 is 0 Å². The molecule has 0 bridgehead atoms. The van der Waals surface area contributed by atoms with Gasteiger partial charge in [-0.15, -0.1) is 0 Å². The molecule has 3 atom stereocenters. The summed E-state index contributed by atoms with van der Waals surface area (Å²) in [5.41, 5.74) is 0. The largest absolute Gasteiger partial charge is 0.139 e. The first-order valence-electron chi connectivity index (χ1n) is 8.24. The van der Waals surface area contributed by atoms with E-state index in [1.54, 1.807) is 25.6 Å². The van der Waals surface area contributed by atoms with Gasteiger partial charge in [0.1, 0.15) is 6.71 Å². The Bertz CT molecular complexity index is 256. The van der Waals surface area contributed by atoms with Crippen LogP contribution in [0.25, 0.3) is 0 Å². The number of rotatable bonds is 6. The van der Waals surface area contributed by atoms with E-state index in [-0.39, 0.29) is 0 Å². The molecule has 0 aromatic heterocycles. The molecule has 3 unspecified atom stereocenters. The summed E-state index contributed by atoms with van der Waals surface area (Å²) in [7, 11) is 0. The summed E-state index contributed by atoms with van der Waals surface area (Å²) >= 11 is 0. The van der Waals surface area contributed by atoms with Crippen molar-refractivity contribution in [3.8, 4) is 0 Å². The molecule has 0 aromatic rings. The topological polar surface area (TPSA) is 0 Å². The zero-order valence-electron chi connectivity index (χ0n) is 11.8. The fraction of sp³-hybridized carbons (Fsp3) is 1.00. The monoisotopic (exact) mass is 232 g/mol. The van der Waals surface area contributed by atoms with Gasteiger partial charge in [0.25, 0.3) is 0 Å². The molecule has 3 rings (SSSR count). The molecular weight excluding hydrogens is 203 g/mol. The molecule has 0 radical (unpaired) electrons. The van der Waals surface area contributed by atoms with Gasteiger partial charge in [0, 0.05) is 0 Å². The van der Waals surface area contributed by atoms with E-state index in [1.807, 2.05) is 0 Å². The molecule has 0 amide bonds. The Morgan fingerprint density at radius 2 is 1.76 bits per heavy atom. The van der Waals surface area contributed by atoms with E-state index in [1.165, 1.54) is 32.1 Å². The van der Waals surface area contributed by atoms with Crippen molar-refractivity contribution >= 4 is 6.71 Å². The smallest absolute Gasteiger partial charge is 0.0859 e. The van der Waals surface area contributed by atoms with Gasteiger partial charge in [-0.25, -0.2) is 0 Å². The van der Waals surface area contributed by atoms with Gasteiger partial charge >= 0.3 is 0 Å². The van der Waals surface area contributed by atoms with Crippen molar-refractivity contribution in [1.29, 1.82) is 0 Å². The number of unbranched alkanes of at least 4 members (excludes halogenated alkanes) is 1. The van der Waals surface area contributed by atoms with Gasteiger partial charge in [0.15, 0.2) is 0 Å². The third-order valence-corrected chi connectivity index (χ3v) is 6.28. The maximum Gasteiger partial charge on any atom is 0.139 e. The van der Waals surface area contributed by atoms with Crippen molar-refractivity contribution < 1.29 is 0 Å². The molecule has 0 aromatic carbocycles. The van der Waals surface area contributed by atoms with E-state index in [9.17, 15) is 0 Å². The van der Waals surface area contributed by atoms with Crippen molar-refractivity contribution in [2.45, 2.75) is 77.3 Å². The first-order valence-corrected chi connectivity index (χ1v) is 8.24. The Balaban J connectivity index is 1.20. The molecule has 1 saturated heterocycles. The van der Waals surface area contributed by atoms with Crippen LogP contribution in [0.5, 0.6) is 0 Å². The Labute approximate surface area is 108 Å². The minimum atomic E-state index is 1.06. The first kappa shape index (κ1) is 12.1. The lowest BCUT2D eigenvalue weighted by atomic mass is 9.60. The zero-order valence-corrected chi connectivity index (χ0v) is 11.8. The van der Waals surface area contributed by atoms with Gasteiger partial charge < -0.3 is 0 Å². The fourth-order valence-corrected chi connectivity index (χ4v) is 4.38. The second kappa shape index (κ2) is 4.98. The predicted octanol–water partition coefficient (Wildman–Crippen LogP) is 5.13. The molecule has 3 fully saturated rings. The lowest BCUT2D eigenvalue weighted by Gasteiger charge is -2.37. The fourth-order valence-electron chi connectivity index (χ4n) is 4.38. The van der Waals surface area contributed by atoms with Crippen LogP contribution >= 0.6 is 0 Å². The quantitative estimate of drug-likeness (QED) is 0.440. The van der Waals surface area contributed by atoms with Crippen LogP contribution in [0, 0.1) is 23.7 Å². The summed E-state index contributed by atoms with van der Waals surface area (Å²) in [6, 6.07) is 0. The van der Waals surface area contributed by atoms with Crippen LogP contribution in [0.3, 0.4) is 0 Å². The van der Waals surface area contributed by atoms with E-state index < -0.39 is 0 Å². The van der Waals surface area contributed by atoms with Gasteiger partial charge in [0.05, 0.1) is 0 Å². The number of hydrogen-bond acceptors (Lipinski definition) is 0. The molecule has 0 spiro atoms. The third kappa shape index (κ3) is 2.74. The van der Waals surface area contributed by atoms with Gasteiger partial charge in [-0.1, -0.05) is 58.0 Å². The Morgan fingerprint density at radius 1 is 1.06 bits per heavy atom. The highest BCUT2D eigenvalue weighted by Gasteiger charge is 2.46. The Morgan fingerprint density at radius 3 is 2.29 bits per heavy atom. The van der Waals surface area contributed by atoms with Crippen molar-refractivity contribution in [1.82, 2.24) is 0 Å². The van der Waals surface area contributed by atoms with E-state index in [0.29, 0.717) is 0 Å². The van der Waals surface area contributed by atoms with E-state index >= 15 is 0 Å². The molecule has 1 heterocycles. The first-order chi connectivity index (χ1) is 8.24. The van der Waals surface area contributed by atoms with E-state index in [0.717, 1.165) is 36.2 Å². The highest BCUT2D eigenvalue weighted by molar-refractivity contribution is 6.70. The lowest BCUT2D eigenvalue weighted by molar-refractivity contribution is 0.163. The maximum absolute atomic E-state index is 2.45. The molecule has 3 aliphatic rings. The third-order valence-electron chi connectivity index (χ3n) is 6.28. The minimum absolute atomic E-state index is 1.06. The summed E-state index contributed by atoms with van der Waals surface area (Å²) in [6.07, 6.45) is 13.9. The SMILES string of the molecule is CB1CC1C1CC(CCCCC2CCC2C)C1. The average Bonchev–Trinajstić information content (AvgIpc) is 2.95.